The molecule has 0 saturated heterocycles. The van der Waals surface area contributed by atoms with Gasteiger partial charge in [-0.05, 0) is 60.5 Å². The standard InChI is InChI=1S/C24H23Cl2N3O4S/c1-17-7-10-20(25)13-23(17)29(34(2,31)32)15-24(30)28-27-14-18-8-11-21(12-9-18)33-16-19-5-3-4-6-22(19)26/h3-14H,15-16H2,1-2H3,(H,28,30)/b27-14+. The van der Waals surface area contributed by atoms with Gasteiger partial charge in [0.25, 0.3) is 5.91 Å². The maximum atomic E-state index is 12.4. The summed E-state index contributed by atoms with van der Waals surface area (Å²) in [4.78, 5) is 12.4. The van der Waals surface area contributed by atoms with E-state index in [0.29, 0.717) is 33.7 Å². The van der Waals surface area contributed by atoms with Crippen LogP contribution in [0.5, 0.6) is 5.75 Å². The molecule has 3 aromatic rings. The molecule has 1 amide bonds. The van der Waals surface area contributed by atoms with Gasteiger partial charge in [0.15, 0.2) is 0 Å². The zero-order valence-corrected chi connectivity index (χ0v) is 20.9. The van der Waals surface area contributed by atoms with Crippen molar-refractivity contribution < 1.29 is 17.9 Å². The second kappa shape index (κ2) is 11.4. The Kier molecular flexibility index (Phi) is 8.55. The van der Waals surface area contributed by atoms with Crippen molar-refractivity contribution in [1.29, 1.82) is 0 Å². The van der Waals surface area contributed by atoms with Crippen molar-refractivity contribution >= 4 is 51.0 Å². The number of amides is 1. The van der Waals surface area contributed by atoms with E-state index >= 15 is 0 Å². The number of rotatable bonds is 9. The number of carbonyl (C=O) groups is 1. The van der Waals surface area contributed by atoms with E-state index in [-0.39, 0.29) is 0 Å². The zero-order valence-electron chi connectivity index (χ0n) is 18.5. The fourth-order valence-electron chi connectivity index (χ4n) is 3.00. The van der Waals surface area contributed by atoms with Gasteiger partial charge < -0.3 is 4.74 Å². The van der Waals surface area contributed by atoms with E-state index in [1.807, 2.05) is 18.2 Å². The molecule has 0 saturated carbocycles. The lowest BCUT2D eigenvalue weighted by Gasteiger charge is -2.23. The second-order valence-electron chi connectivity index (χ2n) is 7.44. The molecule has 0 aliphatic carbocycles. The highest BCUT2D eigenvalue weighted by molar-refractivity contribution is 7.92. The predicted molar refractivity (Wildman–Crippen MR) is 136 cm³/mol. The van der Waals surface area contributed by atoms with E-state index in [0.717, 1.165) is 21.7 Å². The Labute approximate surface area is 209 Å². The molecule has 0 atom stereocenters. The maximum Gasteiger partial charge on any atom is 0.260 e. The van der Waals surface area contributed by atoms with Crippen LogP contribution in [0.4, 0.5) is 5.69 Å². The fourth-order valence-corrected chi connectivity index (χ4v) is 4.27. The first-order valence-corrected chi connectivity index (χ1v) is 12.8. The number of carbonyl (C=O) groups excluding carboxylic acids is 1. The summed E-state index contributed by atoms with van der Waals surface area (Å²) in [6.45, 7) is 1.64. The van der Waals surface area contributed by atoms with Crippen molar-refractivity contribution in [2.24, 2.45) is 5.10 Å². The SMILES string of the molecule is Cc1ccc(Cl)cc1N(CC(=O)N/N=C/c1ccc(OCc2ccccc2Cl)cc1)S(C)(=O)=O. The molecule has 0 spiro atoms. The van der Waals surface area contributed by atoms with Crippen molar-refractivity contribution in [3.8, 4) is 5.75 Å². The summed E-state index contributed by atoms with van der Waals surface area (Å²) in [5, 5.41) is 4.92. The predicted octanol–water partition coefficient (Wildman–Crippen LogP) is 4.80. The van der Waals surface area contributed by atoms with Crippen molar-refractivity contribution in [1.82, 2.24) is 5.43 Å². The number of hydrogen-bond donors (Lipinski definition) is 1. The molecule has 0 aromatic heterocycles. The molecule has 0 bridgehead atoms. The Bertz CT molecular complexity index is 1300. The van der Waals surface area contributed by atoms with E-state index in [4.69, 9.17) is 27.9 Å². The lowest BCUT2D eigenvalue weighted by molar-refractivity contribution is -0.119. The monoisotopic (exact) mass is 519 g/mol. The molecule has 0 fully saturated rings. The first-order chi connectivity index (χ1) is 16.1. The van der Waals surface area contributed by atoms with Crippen LogP contribution in [0, 0.1) is 6.92 Å². The van der Waals surface area contributed by atoms with Gasteiger partial charge in [0, 0.05) is 15.6 Å². The lowest BCUT2D eigenvalue weighted by atomic mass is 10.2. The van der Waals surface area contributed by atoms with Crippen LogP contribution in [0.15, 0.2) is 71.8 Å². The van der Waals surface area contributed by atoms with Crippen molar-refractivity contribution in [3.63, 3.8) is 0 Å². The summed E-state index contributed by atoms with van der Waals surface area (Å²) in [5.74, 6) is 0.0579. The molecular weight excluding hydrogens is 497 g/mol. The number of nitrogens with zero attached hydrogens (tertiary/aromatic N) is 2. The third kappa shape index (κ3) is 7.21. The van der Waals surface area contributed by atoms with Crippen LogP contribution in [-0.4, -0.2) is 33.3 Å². The Morgan fingerprint density at radius 1 is 1.09 bits per heavy atom. The minimum atomic E-state index is -3.72. The van der Waals surface area contributed by atoms with E-state index in [1.54, 1.807) is 49.4 Å². The van der Waals surface area contributed by atoms with Gasteiger partial charge >= 0.3 is 0 Å². The largest absolute Gasteiger partial charge is 0.489 e. The molecule has 34 heavy (non-hydrogen) atoms. The Morgan fingerprint density at radius 3 is 2.47 bits per heavy atom. The normalized spacial score (nSPS) is 11.4. The van der Waals surface area contributed by atoms with Crippen LogP contribution in [0.25, 0.3) is 0 Å². The molecule has 7 nitrogen and oxygen atoms in total. The summed E-state index contributed by atoms with van der Waals surface area (Å²) in [6, 6.07) is 19.4. The van der Waals surface area contributed by atoms with Crippen molar-refractivity contribution in [2.45, 2.75) is 13.5 Å². The summed E-state index contributed by atoms with van der Waals surface area (Å²) >= 11 is 12.1. The van der Waals surface area contributed by atoms with Gasteiger partial charge in [0.05, 0.1) is 18.2 Å². The Balaban J connectivity index is 1.58. The lowest BCUT2D eigenvalue weighted by Crippen LogP contribution is -2.39. The number of aryl methyl sites for hydroxylation is 1. The summed E-state index contributed by atoms with van der Waals surface area (Å²) < 4.78 is 31.3. The first kappa shape index (κ1) is 25.6. The molecule has 0 aliphatic heterocycles. The number of sulfonamides is 1. The van der Waals surface area contributed by atoms with Crippen LogP contribution >= 0.6 is 23.2 Å². The molecule has 0 radical (unpaired) electrons. The average Bonchev–Trinajstić information content (AvgIpc) is 2.79. The van der Waals surface area contributed by atoms with E-state index in [1.165, 1.54) is 12.3 Å². The summed E-state index contributed by atoms with van der Waals surface area (Å²) in [7, 11) is -3.72. The number of benzene rings is 3. The number of hydrogen-bond acceptors (Lipinski definition) is 5. The van der Waals surface area contributed by atoms with Crippen molar-refractivity contribution in [2.75, 3.05) is 17.1 Å². The minimum absolute atomic E-state index is 0.335. The van der Waals surface area contributed by atoms with Gasteiger partial charge in [0.1, 0.15) is 18.9 Å². The third-order valence-electron chi connectivity index (χ3n) is 4.76. The van der Waals surface area contributed by atoms with Gasteiger partial charge in [-0.2, -0.15) is 5.10 Å². The van der Waals surface area contributed by atoms with Crippen LogP contribution in [0.2, 0.25) is 10.0 Å². The van der Waals surface area contributed by atoms with Crippen molar-refractivity contribution in [3.05, 3.63) is 93.5 Å². The molecule has 0 aliphatic rings. The topological polar surface area (TPSA) is 88.1 Å². The number of nitrogens with one attached hydrogen (secondary N) is 1. The first-order valence-electron chi connectivity index (χ1n) is 10.2. The van der Waals surface area contributed by atoms with Gasteiger partial charge in [0.2, 0.25) is 10.0 Å². The zero-order chi connectivity index (χ0) is 24.7. The Hall–Kier alpha value is -3.07. The van der Waals surface area contributed by atoms with E-state index < -0.39 is 22.5 Å². The molecule has 10 heteroatoms. The third-order valence-corrected chi connectivity index (χ3v) is 6.49. The van der Waals surface area contributed by atoms with Gasteiger partial charge in [-0.15, -0.1) is 0 Å². The Morgan fingerprint density at radius 2 is 1.79 bits per heavy atom. The number of halogens is 2. The van der Waals surface area contributed by atoms with Crippen LogP contribution < -0.4 is 14.5 Å². The molecule has 3 aromatic carbocycles. The quantitative estimate of drug-likeness (QED) is 0.325. The van der Waals surface area contributed by atoms with E-state index in [9.17, 15) is 13.2 Å². The average molecular weight is 520 g/mol. The maximum absolute atomic E-state index is 12.4. The summed E-state index contributed by atoms with van der Waals surface area (Å²) in [5.41, 5.74) is 4.96. The molecule has 0 heterocycles. The number of hydrazone groups is 1. The summed E-state index contributed by atoms with van der Waals surface area (Å²) in [6.07, 6.45) is 2.48. The van der Waals surface area contributed by atoms with Gasteiger partial charge in [-0.1, -0.05) is 47.5 Å². The van der Waals surface area contributed by atoms with Crippen LogP contribution in [-0.2, 0) is 21.4 Å². The van der Waals surface area contributed by atoms with Gasteiger partial charge in [-0.3, -0.25) is 9.10 Å². The highest BCUT2D eigenvalue weighted by Crippen LogP contribution is 2.26. The smallest absolute Gasteiger partial charge is 0.260 e. The number of anilines is 1. The minimum Gasteiger partial charge on any atom is -0.489 e. The molecular formula is C24H23Cl2N3O4S. The molecule has 3 rings (SSSR count). The molecule has 0 unspecified atom stereocenters. The van der Waals surface area contributed by atoms with E-state index in [2.05, 4.69) is 10.5 Å². The number of ether oxygens (including phenoxy) is 1. The highest BCUT2D eigenvalue weighted by Gasteiger charge is 2.22. The fraction of sp³-hybridized carbons (Fsp3) is 0.167. The van der Waals surface area contributed by atoms with Gasteiger partial charge in [-0.25, -0.2) is 13.8 Å². The molecule has 1 N–H and O–H groups in total. The second-order valence-corrected chi connectivity index (χ2v) is 10.2. The molecule has 178 valence electrons. The van der Waals surface area contributed by atoms with Crippen LogP contribution in [0.3, 0.4) is 0 Å². The van der Waals surface area contributed by atoms with Crippen LogP contribution in [0.1, 0.15) is 16.7 Å². The highest BCUT2D eigenvalue weighted by atomic mass is 35.5.